The third-order valence-electron chi connectivity index (χ3n) is 3.73. The van der Waals surface area contributed by atoms with Gasteiger partial charge < -0.3 is 14.5 Å². The largest absolute Gasteiger partial charge is 0.497 e. The van der Waals surface area contributed by atoms with Crippen molar-refractivity contribution in [2.45, 2.75) is 5.75 Å². The number of halogens is 2. The van der Waals surface area contributed by atoms with Crippen molar-refractivity contribution in [3.05, 3.63) is 69.3 Å². The number of hydrogen-bond donors (Lipinski definition) is 1. The standard InChI is InChI=1S/C19H15ClFNO4S/c1-25-13-3-4-14-11(6-19(24)26-17(14)8-13)9-27-10-18(23)22-16-5-2-12(20)7-15(16)21/h2-8H,9-10H2,1H3,(H,22,23). The molecule has 3 aromatic rings. The van der Waals surface area contributed by atoms with Gasteiger partial charge in [0.1, 0.15) is 17.1 Å². The van der Waals surface area contributed by atoms with Crippen LogP contribution >= 0.6 is 23.4 Å². The summed E-state index contributed by atoms with van der Waals surface area (Å²) in [7, 11) is 1.53. The molecule has 0 radical (unpaired) electrons. The molecule has 0 spiro atoms. The SMILES string of the molecule is COc1ccc2c(CSCC(=O)Nc3ccc(Cl)cc3F)cc(=O)oc2c1. The van der Waals surface area contributed by atoms with Crippen molar-refractivity contribution >= 4 is 45.9 Å². The summed E-state index contributed by atoms with van der Waals surface area (Å²) in [6, 6.07) is 10.6. The van der Waals surface area contributed by atoms with Crippen LogP contribution in [0.25, 0.3) is 11.0 Å². The van der Waals surface area contributed by atoms with Crippen molar-refractivity contribution in [1.82, 2.24) is 0 Å². The van der Waals surface area contributed by atoms with E-state index in [0.717, 1.165) is 17.0 Å². The van der Waals surface area contributed by atoms with Crippen molar-refractivity contribution in [2.24, 2.45) is 0 Å². The molecular formula is C19H15ClFNO4S. The van der Waals surface area contributed by atoms with E-state index in [2.05, 4.69) is 5.32 Å². The average molecular weight is 408 g/mol. The number of carbonyl (C=O) groups is 1. The number of amides is 1. The highest BCUT2D eigenvalue weighted by Gasteiger charge is 2.10. The van der Waals surface area contributed by atoms with Crippen LogP contribution in [0.4, 0.5) is 10.1 Å². The lowest BCUT2D eigenvalue weighted by Crippen LogP contribution is -2.15. The van der Waals surface area contributed by atoms with Gasteiger partial charge in [-0.1, -0.05) is 11.6 Å². The van der Waals surface area contributed by atoms with Gasteiger partial charge in [0.15, 0.2) is 0 Å². The Morgan fingerprint density at radius 2 is 2.07 bits per heavy atom. The van der Waals surface area contributed by atoms with E-state index in [1.807, 2.05) is 0 Å². The normalized spacial score (nSPS) is 10.8. The van der Waals surface area contributed by atoms with E-state index in [4.69, 9.17) is 20.8 Å². The fraction of sp³-hybridized carbons (Fsp3) is 0.158. The van der Waals surface area contributed by atoms with Gasteiger partial charge in [-0.05, 0) is 35.9 Å². The summed E-state index contributed by atoms with van der Waals surface area (Å²) in [6.07, 6.45) is 0. The zero-order valence-electron chi connectivity index (χ0n) is 14.3. The number of anilines is 1. The Hall–Kier alpha value is -2.51. The van der Waals surface area contributed by atoms with Gasteiger partial charge in [0.05, 0.1) is 18.6 Å². The molecule has 0 saturated heterocycles. The van der Waals surface area contributed by atoms with Crippen molar-refractivity contribution in [2.75, 3.05) is 18.2 Å². The molecule has 0 unspecified atom stereocenters. The van der Waals surface area contributed by atoms with E-state index < -0.39 is 11.4 Å². The van der Waals surface area contributed by atoms with Crippen molar-refractivity contribution < 1.29 is 18.3 Å². The fourth-order valence-corrected chi connectivity index (χ4v) is 3.46. The summed E-state index contributed by atoms with van der Waals surface area (Å²) in [4.78, 5) is 23.8. The lowest BCUT2D eigenvalue weighted by molar-refractivity contribution is -0.113. The predicted molar refractivity (Wildman–Crippen MR) is 105 cm³/mol. The number of hydrogen-bond acceptors (Lipinski definition) is 5. The molecule has 140 valence electrons. The molecule has 0 aliphatic heterocycles. The van der Waals surface area contributed by atoms with Crippen LogP contribution in [0.5, 0.6) is 5.75 Å². The van der Waals surface area contributed by atoms with Crippen LogP contribution in [0, 0.1) is 5.82 Å². The van der Waals surface area contributed by atoms with Gasteiger partial charge in [-0.2, -0.15) is 0 Å². The van der Waals surface area contributed by atoms with Gasteiger partial charge in [-0.15, -0.1) is 11.8 Å². The Morgan fingerprint density at radius 1 is 1.26 bits per heavy atom. The highest BCUT2D eigenvalue weighted by Crippen LogP contribution is 2.25. The summed E-state index contributed by atoms with van der Waals surface area (Å²) < 4.78 is 24.0. The molecular weight excluding hydrogens is 393 g/mol. The molecule has 3 rings (SSSR count). The number of ether oxygens (including phenoxy) is 1. The van der Waals surface area contributed by atoms with Gasteiger partial charge in [0.25, 0.3) is 0 Å². The molecule has 0 atom stereocenters. The van der Waals surface area contributed by atoms with Crippen LogP contribution in [-0.2, 0) is 10.5 Å². The molecule has 0 aliphatic rings. The first-order valence-electron chi connectivity index (χ1n) is 7.89. The van der Waals surface area contributed by atoms with Gasteiger partial charge in [-0.25, -0.2) is 9.18 Å². The van der Waals surface area contributed by atoms with Crippen LogP contribution < -0.4 is 15.7 Å². The second-order valence-electron chi connectivity index (χ2n) is 5.62. The summed E-state index contributed by atoms with van der Waals surface area (Å²) >= 11 is 6.99. The Morgan fingerprint density at radius 3 is 2.81 bits per heavy atom. The summed E-state index contributed by atoms with van der Waals surface area (Å²) in [6.45, 7) is 0. The molecule has 1 amide bonds. The number of benzene rings is 2. The molecule has 27 heavy (non-hydrogen) atoms. The Balaban J connectivity index is 1.66. The average Bonchev–Trinajstić information content (AvgIpc) is 2.63. The van der Waals surface area contributed by atoms with Gasteiger partial charge in [0.2, 0.25) is 5.91 Å². The monoisotopic (exact) mass is 407 g/mol. The maximum atomic E-state index is 13.7. The van der Waals surface area contributed by atoms with Gasteiger partial charge >= 0.3 is 5.63 Å². The van der Waals surface area contributed by atoms with Crippen molar-refractivity contribution in [3.8, 4) is 5.75 Å². The predicted octanol–water partition coefficient (Wildman–Crippen LogP) is 4.47. The van der Waals surface area contributed by atoms with Crippen LogP contribution in [0.2, 0.25) is 5.02 Å². The molecule has 0 bridgehead atoms. The second kappa shape index (κ2) is 8.45. The third-order valence-corrected chi connectivity index (χ3v) is 4.95. The van der Waals surface area contributed by atoms with Crippen molar-refractivity contribution in [3.63, 3.8) is 0 Å². The maximum absolute atomic E-state index is 13.7. The fourth-order valence-electron chi connectivity index (χ4n) is 2.49. The van der Waals surface area contributed by atoms with E-state index in [-0.39, 0.29) is 22.4 Å². The molecule has 0 fully saturated rings. The van der Waals surface area contributed by atoms with E-state index in [9.17, 15) is 14.0 Å². The number of fused-ring (bicyclic) bond motifs is 1. The van der Waals surface area contributed by atoms with Crippen LogP contribution in [0.3, 0.4) is 0 Å². The first-order valence-corrected chi connectivity index (χ1v) is 9.43. The number of rotatable bonds is 6. The Bertz CT molecular complexity index is 1050. The Kier molecular flexibility index (Phi) is 6.03. The first kappa shape index (κ1) is 19.3. The maximum Gasteiger partial charge on any atom is 0.336 e. The molecule has 5 nitrogen and oxygen atoms in total. The number of carbonyl (C=O) groups excluding carboxylic acids is 1. The molecule has 1 heterocycles. The second-order valence-corrected chi connectivity index (χ2v) is 7.04. The van der Waals surface area contributed by atoms with E-state index in [0.29, 0.717) is 17.1 Å². The highest BCUT2D eigenvalue weighted by molar-refractivity contribution is 7.99. The van der Waals surface area contributed by atoms with E-state index in [1.54, 1.807) is 18.2 Å². The quantitative estimate of drug-likeness (QED) is 0.611. The molecule has 1 N–H and O–H groups in total. The minimum Gasteiger partial charge on any atom is -0.497 e. The van der Waals surface area contributed by atoms with Crippen LogP contribution in [-0.4, -0.2) is 18.8 Å². The molecule has 0 aliphatic carbocycles. The highest BCUT2D eigenvalue weighted by atomic mass is 35.5. The number of methoxy groups -OCH3 is 1. The lowest BCUT2D eigenvalue weighted by Gasteiger charge is -2.08. The van der Waals surface area contributed by atoms with Gasteiger partial charge in [-0.3, -0.25) is 4.79 Å². The molecule has 1 aromatic heterocycles. The summed E-state index contributed by atoms with van der Waals surface area (Å²) in [5.74, 6) is 0.154. The lowest BCUT2D eigenvalue weighted by atomic mass is 10.1. The molecule has 8 heteroatoms. The molecule has 2 aromatic carbocycles. The van der Waals surface area contributed by atoms with Crippen LogP contribution in [0.1, 0.15) is 5.56 Å². The minimum absolute atomic E-state index is 0.0721. The number of thioether (sulfide) groups is 1. The summed E-state index contributed by atoms with van der Waals surface area (Å²) in [5.41, 5.74) is 0.770. The molecule has 0 saturated carbocycles. The smallest absolute Gasteiger partial charge is 0.336 e. The number of nitrogens with one attached hydrogen (secondary N) is 1. The van der Waals surface area contributed by atoms with Gasteiger partial charge in [0, 0.05) is 28.3 Å². The van der Waals surface area contributed by atoms with Crippen LogP contribution in [0.15, 0.2) is 51.7 Å². The zero-order valence-corrected chi connectivity index (χ0v) is 15.8. The van der Waals surface area contributed by atoms with E-state index >= 15 is 0 Å². The van der Waals surface area contributed by atoms with Crippen molar-refractivity contribution in [1.29, 1.82) is 0 Å². The minimum atomic E-state index is -0.596. The third kappa shape index (κ3) is 4.81. The Labute approximate surface area is 163 Å². The zero-order chi connectivity index (χ0) is 19.4. The van der Waals surface area contributed by atoms with E-state index in [1.165, 1.54) is 37.1 Å². The topological polar surface area (TPSA) is 68.5 Å². The first-order chi connectivity index (χ1) is 13.0. The summed E-state index contributed by atoms with van der Waals surface area (Å²) in [5, 5.41) is 3.52.